The van der Waals surface area contributed by atoms with E-state index in [0.717, 1.165) is 35.4 Å². The molecular weight excluding hydrogens is 336 g/mol. The number of nitrogens with zero attached hydrogens (tertiary/aromatic N) is 2. The van der Waals surface area contributed by atoms with Gasteiger partial charge in [0.2, 0.25) is 0 Å². The van der Waals surface area contributed by atoms with Crippen molar-refractivity contribution in [3.05, 3.63) is 59.7 Å². The third-order valence-electron chi connectivity index (χ3n) is 4.50. The third kappa shape index (κ3) is 5.68. The Labute approximate surface area is 162 Å². The van der Waals surface area contributed by atoms with E-state index in [1.165, 1.54) is 0 Å². The lowest BCUT2D eigenvalue weighted by atomic mass is 9.93. The van der Waals surface area contributed by atoms with Gasteiger partial charge in [0, 0.05) is 41.1 Å². The quantitative estimate of drug-likeness (QED) is 0.629. The van der Waals surface area contributed by atoms with Gasteiger partial charge in [-0.1, -0.05) is 52.0 Å². The summed E-state index contributed by atoms with van der Waals surface area (Å²) in [6.45, 7) is 9.59. The van der Waals surface area contributed by atoms with Crippen LogP contribution in [0.3, 0.4) is 0 Å². The van der Waals surface area contributed by atoms with Crippen LogP contribution in [0.2, 0.25) is 0 Å². The van der Waals surface area contributed by atoms with Crippen LogP contribution in [-0.2, 0) is 0 Å². The number of aliphatic imine (C=N–C) groups is 2. The highest BCUT2D eigenvalue weighted by atomic mass is 16.3. The molecule has 0 bridgehead atoms. The van der Waals surface area contributed by atoms with Crippen LogP contribution in [0.4, 0.5) is 0 Å². The van der Waals surface area contributed by atoms with Crippen molar-refractivity contribution in [2.24, 2.45) is 15.4 Å². The number of rotatable bonds is 8. The van der Waals surface area contributed by atoms with E-state index >= 15 is 0 Å². The van der Waals surface area contributed by atoms with Gasteiger partial charge in [-0.15, -0.1) is 0 Å². The molecule has 0 saturated heterocycles. The van der Waals surface area contributed by atoms with Gasteiger partial charge >= 0.3 is 0 Å². The SMILES string of the molecule is CCC(=NCC(C)(C)CN=C(CC)c1ccccc1O)c1ccccc1O. The van der Waals surface area contributed by atoms with Crippen LogP contribution in [0.25, 0.3) is 0 Å². The molecule has 0 aliphatic rings. The minimum Gasteiger partial charge on any atom is -0.507 e. The zero-order chi connectivity index (χ0) is 19.9. The Bertz CT molecular complexity index is 755. The predicted molar refractivity (Wildman–Crippen MR) is 113 cm³/mol. The molecule has 0 aliphatic heterocycles. The maximum Gasteiger partial charge on any atom is 0.124 e. The smallest absolute Gasteiger partial charge is 0.124 e. The third-order valence-corrected chi connectivity index (χ3v) is 4.50. The number of hydrogen-bond donors (Lipinski definition) is 2. The summed E-state index contributed by atoms with van der Waals surface area (Å²) in [7, 11) is 0. The molecular formula is C23H30N2O2. The molecule has 144 valence electrons. The van der Waals surface area contributed by atoms with Crippen molar-refractivity contribution in [2.75, 3.05) is 13.1 Å². The molecule has 2 rings (SSSR count). The largest absolute Gasteiger partial charge is 0.507 e. The van der Waals surface area contributed by atoms with E-state index in [4.69, 9.17) is 9.98 Å². The number of hydrogen-bond acceptors (Lipinski definition) is 4. The average molecular weight is 367 g/mol. The Morgan fingerprint density at radius 3 is 1.44 bits per heavy atom. The fourth-order valence-corrected chi connectivity index (χ4v) is 2.88. The average Bonchev–Trinajstić information content (AvgIpc) is 2.65. The highest BCUT2D eigenvalue weighted by Gasteiger charge is 2.19. The van der Waals surface area contributed by atoms with Crippen LogP contribution < -0.4 is 0 Å². The molecule has 0 aliphatic carbocycles. The number of aromatic hydroxyl groups is 2. The monoisotopic (exact) mass is 366 g/mol. The first-order valence-electron chi connectivity index (χ1n) is 9.51. The van der Waals surface area contributed by atoms with Gasteiger partial charge in [-0.3, -0.25) is 9.98 Å². The van der Waals surface area contributed by atoms with Crippen molar-refractivity contribution in [2.45, 2.75) is 40.5 Å². The minimum atomic E-state index is -0.129. The molecule has 0 aromatic heterocycles. The molecule has 0 fully saturated rings. The molecule has 2 aromatic rings. The van der Waals surface area contributed by atoms with E-state index in [2.05, 4.69) is 13.8 Å². The van der Waals surface area contributed by atoms with Gasteiger partial charge in [-0.05, 0) is 37.1 Å². The fourth-order valence-electron chi connectivity index (χ4n) is 2.88. The number of benzene rings is 2. The summed E-state index contributed by atoms with van der Waals surface area (Å²) < 4.78 is 0. The van der Waals surface area contributed by atoms with Crippen LogP contribution in [0.15, 0.2) is 58.5 Å². The van der Waals surface area contributed by atoms with Crippen molar-refractivity contribution in [1.29, 1.82) is 0 Å². The summed E-state index contributed by atoms with van der Waals surface area (Å²) in [5, 5.41) is 20.2. The topological polar surface area (TPSA) is 65.2 Å². The Morgan fingerprint density at radius 1 is 0.741 bits per heavy atom. The fraction of sp³-hybridized carbons (Fsp3) is 0.391. The van der Waals surface area contributed by atoms with Crippen molar-refractivity contribution in [3.63, 3.8) is 0 Å². The molecule has 0 unspecified atom stereocenters. The van der Waals surface area contributed by atoms with Crippen molar-refractivity contribution >= 4 is 11.4 Å². The lowest BCUT2D eigenvalue weighted by molar-refractivity contribution is 0.394. The zero-order valence-corrected chi connectivity index (χ0v) is 16.7. The molecule has 27 heavy (non-hydrogen) atoms. The van der Waals surface area contributed by atoms with Crippen LogP contribution in [0.1, 0.15) is 51.7 Å². The lowest BCUT2D eigenvalue weighted by Crippen LogP contribution is -2.22. The van der Waals surface area contributed by atoms with Crippen molar-refractivity contribution in [3.8, 4) is 11.5 Å². The van der Waals surface area contributed by atoms with Gasteiger partial charge in [-0.25, -0.2) is 0 Å². The number of para-hydroxylation sites is 2. The maximum absolute atomic E-state index is 10.1. The Balaban J connectivity index is 2.16. The summed E-state index contributed by atoms with van der Waals surface area (Å²) in [5.74, 6) is 0.531. The molecule has 2 aromatic carbocycles. The number of phenols is 2. The van der Waals surface area contributed by atoms with E-state index in [1.54, 1.807) is 12.1 Å². The lowest BCUT2D eigenvalue weighted by Gasteiger charge is -2.21. The molecule has 0 saturated carbocycles. The molecule has 4 heteroatoms. The van der Waals surface area contributed by atoms with Crippen molar-refractivity contribution in [1.82, 2.24) is 0 Å². The van der Waals surface area contributed by atoms with Crippen LogP contribution >= 0.6 is 0 Å². The Morgan fingerprint density at radius 2 is 1.11 bits per heavy atom. The van der Waals surface area contributed by atoms with Gasteiger partial charge in [-0.2, -0.15) is 0 Å². The molecule has 0 amide bonds. The number of phenolic OH excluding ortho intramolecular Hbond substituents is 2. The summed E-state index contributed by atoms with van der Waals surface area (Å²) >= 11 is 0. The first-order chi connectivity index (χ1) is 12.9. The van der Waals surface area contributed by atoms with E-state index in [-0.39, 0.29) is 16.9 Å². The van der Waals surface area contributed by atoms with Gasteiger partial charge < -0.3 is 10.2 Å². The van der Waals surface area contributed by atoms with E-state index in [9.17, 15) is 10.2 Å². The minimum absolute atomic E-state index is 0.129. The zero-order valence-electron chi connectivity index (χ0n) is 16.7. The van der Waals surface area contributed by atoms with Gasteiger partial charge in [0.1, 0.15) is 11.5 Å². The van der Waals surface area contributed by atoms with Gasteiger partial charge in [0.05, 0.1) is 0 Å². The standard InChI is InChI=1S/C23H30N2O2/c1-5-19(17-11-7-9-13-21(17)26)24-15-23(3,4)16-25-20(6-2)18-12-8-10-14-22(18)27/h7-14,26-27H,5-6,15-16H2,1-4H3. The highest BCUT2D eigenvalue weighted by molar-refractivity contribution is 6.03. The molecule has 4 nitrogen and oxygen atoms in total. The molecule has 0 heterocycles. The highest BCUT2D eigenvalue weighted by Crippen LogP contribution is 2.23. The van der Waals surface area contributed by atoms with Crippen LogP contribution in [0.5, 0.6) is 11.5 Å². The van der Waals surface area contributed by atoms with E-state index in [1.807, 2.05) is 50.2 Å². The molecule has 0 radical (unpaired) electrons. The van der Waals surface area contributed by atoms with Crippen LogP contribution in [0, 0.1) is 5.41 Å². The molecule has 0 atom stereocenters. The summed E-state index contributed by atoms with van der Waals surface area (Å²) in [4.78, 5) is 9.55. The van der Waals surface area contributed by atoms with E-state index in [0.29, 0.717) is 13.1 Å². The van der Waals surface area contributed by atoms with Gasteiger partial charge in [0.25, 0.3) is 0 Å². The first-order valence-corrected chi connectivity index (χ1v) is 9.51. The molecule has 2 N–H and O–H groups in total. The summed E-state index contributed by atoms with van der Waals surface area (Å²) in [5.41, 5.74) is 3.27. The summed E-state index contributed by atoms with van der Waals surface area (Å²) in [6, 6.07) is 14.6. The van der Waals surface area contributed by atoms with Gasteiger partial charge in [0.15, 0.2) is 0 Å². The summed E-state index contributed by atoms with van der Waals surface area (Å²) in [6.07, 6.45) is 1.52. The predicted octanol–water partition coefficient (Wildman–Crippen LogP) is 5.22. The first kappa shape index (κ1) is 20.7. The Kier molecular flexibility index (Phi) is 7.17. The maximum atomic E-state index is 10.1. The van der Waals surface area contributed by atoms with E-state index < -0.39 is 0 Å². The second-order valence-electron chi connectivity index (χ2n) is 7.43. The molecule has 0 spiro atoms. The normalized spacial score (nSPS) is 13.0. The van der Waals surface area contributed by atoms with Crippen molar-refractivity contribution < 1.29 is 10.2 Å². The second-order valence-corrected chi connectivity index (χ2v) is 7.43. The Hall–Kier alpha value is -2.62. The second kappa shape index (κ2) is 9.36. The van der Waals surface area contributed by atoms with Crippen LogP contribution in [-0.4, -0.2) is 34.7 Å².